The lowest BCUT2D eigenvalue weighted by Gasteiger charge is -2.03. The van der Waals surface area contributed by atoms with Crippen LogP contribution >= 0.6 is 15.9 Å². The quantitative estimate of drug-likeness (QED) is 0.410. The Balaban J connectivity index is 1.83. The number of carbonyl (C=O) groups is 1. The van der Waals surface area contributed by atoms with Crippen molar-refractivity contribution in [3.8, 4) is 5.75 Å². The standard InChI is InChI=1S/C20H15BrO6S/c1-26-17-7-3-13(4-8-17)2-6-16(22)12-28(24,25)19-11-14-10-15(21)5-9-18(14)27-20(19)23/h2-11H,12H2,1H3/b6-2-. The van der Waals surface area contributed by atoms with Gasteiger partial charge in [0.1, 0.15) is 17.1 Å². The zero-order valence-corrected chi connectivity index (χ0v) is 17.1. The van der Waals surface area contributed by atoms with E-state index in [2.05, 4.69) is 15.9 Å². The fourth-order valence-electron chi connectivity index (χ4n) is 2.51. The highest BCUT2D eigenvalue weighted by Crippen LogP contribution is 2.21. The monoisotopic (exact) mass is 462 g/mol. The maximum Gasteiger partial charge on any atom is 0.355 e. The van der Waals surface area contributed by atoms with Crippen LogP contribution in [0.25, 0.3) is 17.0 Å². The van der Waals surface area contributed by atoms with Crippen molar-refractivity contribution in [3.63, 3.8) is 0 Å². The number of methoxy groups -OCH3 is 1. The molecule has 2 aromatic carbocycles. The summed E-state index contributed by atoms with van der Waals surface area (Å²) in [7, 11) is -2.61. The Hall–Kier alpha value is -2.71. The maximum atomic E-state index is 12.5. The Labute approximate surface area is 169 Å². The average Bonchev–Trinajstić information content (AvgIpc) is 2.66. The number of sulfone groups is 1. The number of hydrogen-bond acceptors (Lipinski definition) is 6. The van der Waals surface area contributed by atoms with Gasteiger partial charge in [-0.2, -0.15) is 0 Å². The number of carbonyl (C=O) groups excluding carboxylic acids is 1. The van der Waals surface area contributed by atoms with Crippen molar-refractivity contribution in [1.82, 2.24) is 0 Å². The predicted molar refractivity (Wildman–Crippen MR) is 109 cm³/mol. The van der Waals surface area contributed by atoms with E-state index in [9.17, 15) is 18.0 Å². The van der Waals surface area contributed by atoms with Crippen molar-refractivity contribution in [2.75, 3.05) is 12.9 Å². The molecule has 0 aliphatic heterocycles. The van der Waals surface area contributed by atoms with Gasteiger partial charge in [-0.3, -0.25) is 4.79 Å². The SMILES string of the molecule is COc1ccc(/C=C\C(=O)CS(=O)(=O)c2cc3cc(Br)ccc3oc2=O)cc1. The summed E-state index contributed by atoms with van der Waals surface area (Å²) in [5, 5.41) is 0.439. The second kappa shape index (κ2) is 8.12. The van der Waals surface area contributed by atoms with Gasteiger partial charge in [0.15, 0.2) is 20.5 Å². The Morgan fingerprint density at radius 3 is 2.54 bits per heavy atom. The molecule has 0 radical (unpaired) electrons. The zero-order chi connectivity index (χ0) is 20.3. The lowest BCUT2D eigenvalue weighted by molar-refractivity contribution is -0.112. The molecule has 0 N–H and O–H groups in total. The highest BCUT2D eigenvalue weighted by atomic mass is 79.9. The van der Waals surface area contributed by atoms with E-state index < -0.39 is 31.9 Å². The molecule has 0 spiro atoms. The third kappa shape index (κ3) is 4.58. The van der Waals surface area contributed by atoms with Gasteiger partial charge < -0.3 is 9.15 Å². The summed E-state index contributed by atoms with van der Waals surface area (Å²) >= 11 is 3.28. The van der Waals surface area contributed by atoms with E-state index in [0.717, 1.165) is 0 Å². The van der Waals surface area contributed by atoms with Gasteiger partial charge in [0, 0.05) is 9.86 Å². The fraction of sp³-hybridized carbons (Fsp3) is 0.100. The molecule has 3 rings (SSSR count). The molecule has 28 heavy (non-hydrogen) atoms. The molecule has 3 aromatic rings. The molecule has 0 atom stereocenters. The van der Waals surface area contributed by atoms with Crippen molar-refractivity contribution < 1.29 is 22.4 Å². The Morgan fingerprint density at radius 2 is 1.86 bits per heavy atom. The summed E-state index contributed by atoms with van der Waals surface area (Å²) in [4.78, 5) is 23.7. The Bertz CT molecular complexity index is 1220. The average molecular weight is 463 g/mol. The number of benzene rings is 2. The van der Waals surface area contributed by atoms with Crippen LogP contribution in [0.5, 0.6) is 5.75 Å². The van der Waals surface area contributed by atoms with E-state index in [-0.39, 0.29) is 5.58 Å². The van der Waals surface area contributed by atoms with Gasteiger partial charge in [-0.15, -0.1) is 0 Å². The largest absolute Gasteiger partial charge is 0.497 e. The normalized spacial score (nSPS) is 11.8. The molecule has 8 heteroatoms. The molecule has 0 aliphatic rings. The Kier molecular flexibility index (Phi) is 5.81. The minimum Gasteiger partial charge on any atom is -0.497 e. The first-order valence-corrected chi connectivity index (χ1v) is 10.5. The van der Waals surface area contributed by atoms with Gasteiger partial charge in [-0.05, 0) is 48.0 Å². The van der Waals surface area contributed by atoms with Crippen LogP contribution in [-0.4, -0.2) is 27.1 Å². The maximum absolute atomic E-state index is 12.5. The first kappa shape index (κ1) is 20.0. The van der Waals surface area contributed by atoms with Gasteiger partial charge >= 0.3 is 5.63 Å². The molecule has 1 aromatic heterocycles. The number of halogens is 1. The van der Waals surface area contributed by atoms with Gasteiger partial charge in [-0.1, -0.05) is 34.1 Å². The summed E-state index contributed by atoms with van der Waals surface area (Å²) < 4.78 is 35.9. The molecule has 0 saturated carbocycles. The zero-order valence-electron chi connectivity index (χ0n) is 14.7. The van der Waals surface area contributed by atoms with Crippen molar-refractivity contribution in [2.45, 2.75) is 4.90 Å². The fourth-order valence-corrected chi connectivity index (χ4v) is 4.12. The van der Waals surface area contributed by atoms with Gasteiger partial charge in [0.25, 0.3) is 0 Å². The number of ether oxygens (including phenoxy) is 1. The Morgan fingerprint density at radius 1 is 1.14 bits per heavy atom. The van der Waals surface area contributed by atoms with Crippen LogP contribution in [0.1, 0.15) is 5.56 Å². The highest BCUT2D eigenvalue weighted by molar-refractivity contribution is 9.10. The minimum atomic E-state index is -4.15. The molecule has 6 nitrogen and oxygen atoms in total. The molecular weight excluding hydrogens is 448 g/mol. The second-order valence-electron chi connectivity index (χ2n) is 5.91. The number of hydrogen-bond donors (Lipinski definition) is 0. The van der Waals surface area contributed by atoms with Crippen LogP contribution in [-0.2, 0) is 14.6 Å². The molecule has 0 fully saturated rings. The number of fused-ring (bicyclic) bond motifs is 1. The molecule has 1 heterocycles. The lowest BCUT2D eigenvalue weighted by Crippen LogP contribution is -2.20. The van der Waals surface area contributed by atoms with E-state index in [0.29, 0.717) is 21.2 Å². The summed E-state index contributed by atoms with van der Waals surface area (Å²) in [5.74, 6) is -0.811. The molecule has 0 bridgehead atoms. The minimum absolute atomic E-state index is 0.262. The van der Waals surface area contributed by atoms with E-state index in [1.165, 1.54) is 18.2 Å². The van der Waals surface area contributed by atoms with E-state index in [1.54, 1.807) is 49.6 Å². The van der Waals surface area contributed by atoms with Gasteiger partial charge in [0.2, 0.25) is 0 Å². The predicted octanol–water partition coefficient (Wildman–Crippen LogP) is 3.62. The van der Waals surface area contributed by atoms with Gasteiger partial charge in [0.05, 0.1) is 7.11 Å². The van der Waals surface area contributed by atoms with Crippen LogP contribution in [0.2, 0.25) is 0 Å². The van der Waals surface area contributed by atoms with Crippen molar-refractivity contribution >= 4 is 48.6 Å². The summed E-state index contributed by atoms with van der Waals surface area (Å²) in [6.45, 7) is 0. The summed E-state index contributed by atoms with van der Waals surface area (Å²) in [6.07, 6.45) is 2.66. The second-order valence-corrected chi connectivity index (χ2v) is 8.79. The van der Waals surface area contributed by atoms with E-state index in [4.69, 9.17) is 9.15 Å². The topological polar surface area (TPSA) is 90.7 Å². The van der Waals surface area contributed by atoms with Crippen molar-refractivity contribution in [1.29, 1.82) is 0 Å². The van der Waals surface area contributed by atoms with Crippen LogP contribution in [0.15, 0.2) is 73.2 Å². The van der Waals surface area contributed by atoms with Crippen LogP contribution in [0, 0.1) is 0 Å². The molecule has 0 unspecified atom stereocenters. The number of ketones is 1. The van der Waals surface area contributed by atoms with E-state index in [1.807, 2.05) is 0 Å². The summed E-state index contributed by atoms with van der Waals surface area (Å²) in [5.41, 5.74) is -0.0266. The molecule has 0 aliphatic carbocycles. The summed E-state index contributed by atoms with van der Waals surface area (Å²) in [6, 6.07) is 13.0. The van der Waals surface area contributed by atoms with Crippen molar-refractivity contribution in [3.05, 3.63) is 75.1 Å². The van der Waals surface area contributed by atoms with Gasteiger partial charge in [-0.25, -0.2) is 13.2 Å². The van der Waals surface area contributed by atoms with Crippen LogP contribution < -0.4 is 10.4 Å². The molecule has 0 amide bonds. The third-order valence-corrected chi connectivity index (χ3v) is 6.02. The lowest BCUT2D eigenvalue weighted by atomic mass is 10.2. The first-order chi connectivity index (χ1) is 13.3. The van der Waals surface area contributed by atoms with E-state index >= 15 is 0 Å². The van der Waals surface area contributed by atoms with Crippen LogP contribution in [0.4, 0.5) is 0 Å². The highest BCUT2D eigenvalue weighted by Gasteiger charge is 2.23. The van der Waals surface area contributed by atoms with Crippen molar-refractivity contribution in [2.24, 2.45) is 0 Å². The molecular formula is C20H15BrO6S. The first-order valence-electron chi connectivity index (χ1n) is 8.09. The van der Waals surface area contributed by atoms with Crippen LogP contribution in [0.3, 0.4) is 0 Å². The molecule has 144 valence electrons. The number of allylic oxidation sites excluding steroid dienone is 1. The third-order valence-electron chi connectivity index (χ3n) is 3.91. The smallest absolute Gasteiger partial charge is 0.355 e. The number of rotatable bonds is 6. The molecule has 0 saturated heterocycles.